The lowest BCUT2D eigenvalue weighted by atomic mass is 10.2. The van der Waals surface area contributed by atoms with E-state index >= 15 is 0 Å². The molecule has 4 heteroatoms. The first-order chi connectivity index (χ1) is 5.35. The van der Waals surface area contributed by atoms with Gasteiger partial charge in [-0.05, 0) is 26.8 Å². The molecule has 0 saturated carbocycles. The highest BCUT2D eigenvalue weighted by molar-refractivity contribution is 6.21. The van der Waals surface area contributed by atoms with Crippen LogP contribution in [-0.2, 0) is 9.47 Å². The predicted octanol–water partition coefficient (Wildman–Crippen LogP) is 2.69. The zero-order valence-electron chi connectivity index (χ0n) is 7.46. The summed E-state index contributed by atoms with van der Waals surface area (Å²) in [6.45, 7) is 8.57. The van der Waals surface area contributed by atoms with Gasteiger partial charge < -0.3 is 9.47 Å². The highest BCUT2D eigenvalue weighted by Gasteiger charge is 2.18. The smallest absolute Gasteiger partial charge is 0.429 e. The lowest BCUT2D eigenvalue weighted by molar-refractivity contribution is -0.00743. The Balaban J connectivity index is 3.82. The van der Waals surface area contributed by atoms with Gasteiger partial charge in [0.25, 0.3) is 0 Å². The number of carbonyl (C=O) groups excluding carboxylic acids is 1. The molecule has 0 saturated heterocycles. The summed E-state index contributed by atoms with van der Waals surface area (Å²) in [5.41, 5.74) is -1.39. The van der Waals surface area contributed by atoms with Crippen molar-refractivity contribution in [1.82, 2.24) is 0 Å². The van der Waals surface area contributed by atoms with E-state index in [9.17, 15) is 4.79 Å². The third kappa shape index (κ3) is 6.04. The average Bonchev–Trinajstić information content (AvgIpc) is 1.82. The van der Waals surface area contributed by atoms with E-state index in [0.717, 1.165) is 0 Å². The molecule has 0 aromatic heterocycles. The van der Waals surface area contributed by atoms with Crippen molar-refractivity contribution in [2.45, 2.75) is 31.9 Å². The topological polar surface area (TPSA) is 35.5 Å². The maximum atomic E-state index is 10.9. The molecule has 0 amide bonds. The molecule has 3 nitrogen and oxygen atoms in total. The van der Waals surface area contributed by atoms with E-state index in [1.807, 2.05) is 0 Å². The Bertz CT molecular complexity index is 172. The van der Waals surface area contributed by atoms with Crippen LogP contribution < -0.4 is 0 Å². The van der Waals surface area contributed by atoms with E-state index in [2.05, 4.69) is 11.3 Å². The van der Waals surface area contributed by atoms with Gasteiger partial charge in [0, 0.05) is 0 Å². The number of alkyl halides is 1. The molecule has 0 fully saturated rings. The van der Waals surface area contributed by atoms with Crippen LogP contribution >= 0.6 is 11.6 Å². The molecule has 70 valence electrons. The molecular weight excluding hydrogens is 180 g/mol. The van der Waals surface area contributed by atoms with Crippen molar-refractivity contribution in [1.29, 1.82) is 0 Å². The first-order valence-electron chi connectivity index (χ1n) is 3.51. The molecule has 12 heavy (non-hydrogen) atoms. The summed E-state index contributed by atoms with van der Waals surface area (Å²) in [7, 11) is 0. The van der Waals surface area contributed by atoms with E-state index in [4.69, 9.17) is 16.3 Å². The van der Waals surface area contributed by atoms with Gasteiger partial charge in [-0.1, -0.05) is 18.2 Å². The number of ether oxygens (including phenoxy) is 2. The number of rotatable bonds is 2. The highest BCUT2D eigenvalue weighted by Crippen LogP contribution is 2.10. The van der Waals surface area contributed by atoms with Crippen molar-refractivity contribution >= 4 is 17.8 Å². The van der Waals surface area contributed by atoms with Crippen LogP contribution in [0.5, 0.6) is 0 Å². The first kappa shape index (κ1) is 11.3. The standard InChI is InChI=1S/C8H13ClO3/c1-5-6(9)11-7(10)12-8(2,3)4/h5-6H,1H2,2-4H3. The molecule has 0 rings (SSSR count). The Morgan fingerprint density at radius 3 is 2.42 bits per heavy atom. The van der Waals surface area contributed by atoms with Gasteiger partial charge in [0.1, 0.15) is 5.60 Å². The maximum Gasteiger partial charge on any atom is 0.510 e. The monoisotopic (exact) mass is 192 g/mol. The number of hydrogen-bond donors (Lipinski definition) is 0. The van der Waals surface area contributed by atoms with Crippen LogP contribution in [0.15, 0.2) is 12.7 Å². The average molecular weight is 193 g/mol. The second kappa shape index (κ2) is 4.36. The molecule has 0 aliphatic rings. The van der Waals surface area contributed by atoms with Crippen molar-refractivity contribution in [2.75, 3.05) is 0 Å². The van der Waals surface area contributed by atoms with Crippen molar-refractivity contribution in [3.05, 3.63) is 12.7 Å². The predicted molar refractivity (Wildman–Crippen MR) is 47.2 cm³/mol. The molecule has 1 unspecified atom stereocenters. The third-order valence-electron chi connectivity index (χ3n) is 0.784. The normalized spacial score (nSPS) is 13.3. The largest absolute Gasteiger partial charge is 0.510 e. The van der Waals surface area contributed by atoms with Crippen LogP contribution in [0.4, 0.5) is 4.79 Å². The maximum absolute atomic E-state index is 10.9. The molecule has 0 heterocycles. The summed E-state index contributed by atoms with van der Waals surface area (Å²) in [6, 6.07) is 0. The van der Waals surface area contributed by atoms with Crippen LogP contribution in [0.25, 0.3) is 0 Å². The van der Waals surface area contributed by atoms with Crippen LogP contribution in [0.2, 0.25) is 0 Å². The summed E-state index contributed by atoms with van der Waals surface area (Å²) in [4.78, 5) is 10.9. The fraction of sp³-hybridized carbons (Fsp3) is 0.625. The van der Waals surface area contributed by atoms with E-state index < -0.39 is 17.3 Å². The Kier molecular flexibility index (Phi) is 4.10. The zero-order valence-corrected chi connectivity index (χ0v) is 8.22. The van der Waals surface area contributed by atoms with Crippen molar-refractivity contribution in [3.8, 4) is 0 Å². The Morgan fingerprint density at radius 1 is 1.58 bits per heavy atom. The number of hydrogen-bond acceptors (Lipinski definition) is 3. The summed E-state index contributed by atoms with van der Waals surface area (Å²) in [6.07, 6.45) is 0.508. The SMILES string of the molecule is C=CC(Cl)OC(=O)OC(C)(C)C. The third-order valence-corrected chi connectivity index (χ3v) is 1.05. The van der Waals surface area contributed by atoms with Gasteiger partial charge in [-0.25, -0.2) is 4.79 Å². The minimum Gasteiger partial charge on any atom is -0.429 e. The van der Waals surface area contributed by atoms with E-state index in [1.54, 1.807) is 20.8 Å². The molecule has 0 aromatic carbocycles. The van der Waals surface area contributed by atoms with Crippen molar-refractivity contribution < 1.29 is 14.3 Å². The molecule has 0 aliphatic heterocycles. The fourth-order valence-corrected chi connectivity index (χ4v) is 0.487. The molecular formula is C8H13ClO3. The molecule has 1 atom stereocenters. The Labute approximate surface area is 77.3 Å². The van der Waals surface area contributed by atoms with E-state index in [-0.39, 0.29) is 0 Å². The summed E-state index contributed by atoms with van der Waals surface area (Å²) in [5, 5.41) is 0. The number of carbonyl (C=O) groups is 1. The second-order valence-corrected chi connectivity index (χ2v) is 3.60. The van der Waals surface area contributed by atoms with Crippen LogP contribution in [0.1, 0.15) is 20.8 Å². The second-order valence-electron chi connectivity index (χ2n) is 3.17. The summed E-state index contributed by atoms with van der Waals surface area (Å²) >= 11 is 5.45. The Hall–Kier alpha value is -0.700. The molecule has 0 radical (unpaired) electrons. The molecule has 0 spiro atoms. The summed E-state index contributed by atoms with van der Waals surface area (Å²) in [5.74, 6) is 0. The van der Waals surface area contributed by atoms with Gasteiger partial charge >= 0.3 is 6.16 Å². The van der Waals surface area contributed by atoms with Crippen LogP contribution in [0, 0.1) is 0 Å². The molecule has 0 bridgehead atoms. The minimum absolute atomic E-state index is 0.561. The molecule has 0 aliphatic carbocycles. The van der Waals surface area contributed by atoms with Gasteiger partial charge in [-0.15, -0.1) is 0 Å². The Morgan fingerprint density at radius 2 is 2.08 bits per heavy atom. The lowest BCUT2D eigenvalue weighted by Crippen LogP contribution is -2.25. The van der Waals surface area contributed by atoms with Crippen molar-refractivity contribution in [3.63, 3.8) is 0 Å². The van der Waals surface area contributed by atoms with Crippen molar-refractivity contribution in [2.24, 2.45) is 0 Å². The van der Waals surface area contributed by atoms with Gasteiger partial charge in [-0.3, -0.25) is 0 Å². The zero-order chi connectivity index (χ0) is 9.78. The molecule has 0 N–H and O–H groups in total. The quantitative estimate of drug-likeness (QED) is 0.383. The first-order valence-corrected chi connectivity index (χ1v) is 3.95. The fourth-order valence-electron chi connectivity index (χ4n) is 0.414. The highest BCUT2D eigenvalue weighted by atomic mass is 35.5. The van der Waals surface area contributed by atoms with Crippen LogP contribution in [0.3, 0.4) is 0 Å². The molecule has 0 aromatic rings. The minimum atomic E-state index is -0.833. The summed E-state index contributed by atoms with van der Waals surface area (Å²) < 4.78 is 9.38. The number of halogens is 1. The van der Waals surface area contributed by atoms with Gasteiger partial charge in [0.05, 0.1) is 0 Å². The van der Waals surface area contributed by atoms with Gasteiger partial charge in [0.2, 0.25) is 0 Å². The van der Waals surface area contributed by atoms with E-state index in [1.165, 1.54) is 6.08 Å². The van der Waals surface area contributed by atoms with Gasteiger partial charge in [-0.2, -0.15) is 0 Å². The van der Waals surface area contributed by atoms with Crippen LogP contribution in [-0.4, -0.2) is 17.3 Å². The lowest BCUT2D eigenvalue weighted by Gasteiger charge is -2.19. The van der Waals surface area contributed by atoms with Gasteiger partial charge in [0.15, 0.2) is 5.56 Å². The van der Waals surface area contributed by atoms with E-state index in [0.29, 0.717) is 0 Å².